The van der Waals surface area contributed by atoms with Crippen molar-refractivity contribution in [3.05, 3.63) is 179 Å². The van der Waals surface area contributed by atoms with Gasteiger partial charge in [0.05, 0.1) is 42.0 Å². The van der Waals surface area contributed by atoms with E-state index in [1.807, 2.05) is 0 Å². The molecule has 0 aromatic heterocycles. The monoisotopic (exact) mass is 1070 g/mol. The molecule has 0 amide bonds. The highest BCUT2D eigenvalue weighted by Gasteiger charge is 2.33. The Morgan fingerprint density at radius 1 is 0.384 bits per heavy atom. The van der Waals surface area contributed by atoms with Gasteiger partial charge in [-0.15, -0.1) is 0 Å². The normalized spacial score (nSPS) is 13.3. The lowest BCUT2D eigenvalue weighted by molar-refractivity contribution is -0.439. The molecule has 0 bridgehead atoms. The molecule has 0 aliphatic rings. The van der Waals surface area contributed by atoms with Crippen LogP contribution in [-0.4, -0.2) is 15.8 Å². The van der Waals surface area contributed by atoms with Crippen LogP contribution in [0.15, 0.2) is 175 Å². The first kappa shape index (κ1) is 61.1. The van der Waals surface area contributed by atoms with E-state index in [4.69, 9.17) is 9.66 Å². The minimum atomic E-state index is -6.48. The summed E-state index contributed by atoms with van der Waals surface area (Å²) in [7, 11) is -6.72. The third kappa shape index (κ3) is 19.0. The van der Waals surface area contributed by atoms with Crippen LogP contribution in [0.5, 0.6) is 0 Å². The van der Waals surface area contributed by atoms with Crippen LogP contribution in [0, 0.1) is 0 Å². The molecule has 6 rings (SSSR count). The third-order valence-corrected chi connectivity index (χ3v) is 16.9. The van der Waals surface area contributed by atoms with E-state index < -0.39 is 15.2 Å². The summed E-state index contributed by atoms with van der Waals surface area (Å²) in [5.74, 6) is 0. The minimum Gasteiger partial charge on any atom is -0.448 e. The summed E-state index contributed by atoms with van der Waals surface area (Å²) in [6, 6.07) is 55.7. The van der Waals surface area contributed by atoms with E-state index in [2.05, 4.69) is 296 Å². The van der Waals surface area contributed by atoms with Crippen molar-refractivity contribution in [1.29, 1.82) is 0 Å². The van der Waals surface area contributed by atoms with Crippen LogP contribution >= 0.6 is 0 Å². The minimum absolute atomic E-state index is 0.120. The molecule has 0 unspecified atom stereocenters. The molecule has 0 saturated heterocycles. The van der Waals surface area contributed by atoms with Crippen molar-refractivity contribution in [2.45, 2.75) is 186 Å². The molecular weight excluding hydrogens is 995 g/mol. The van der Waals surface area contributed by atoms with E-state index in [1.54, 1.807) is 0 Å². The molecule has 0 aliphatic heterocycles. The van der Waals surface area contributed by atoms with E-state index in [0.717, 1.165) is 0 Å². The maximum Gasteiger partial charge on any atom is 0.540 e. The molecule has 12 heteroatoms. The Balaban J connectivity index is 0.000000263. The van der Waals surface area contributed by atoms with E-state index in [0.29, 0.717) is 0 Å². The summed E-state index contributed by atoms with van der Waals surface area (Å²) in [5, 5.41) is 10.5. The lowest BCUT2D eigenvalue weighted by atomic mass is 9.87. The maximum absolute atomic E-state index is 11.7. The number of benzene rings is 6. The topological polar surface area (TPSA) is 85.2 Å². The van der Waals surface area contributed by atoms with Crippen LogP contribution < -0.4 is 0 Å². The van der Waals surface area contributed by atoms with E-state index in [-0.39, 0.29) is 54.3 Å². The highest BCUT2D eigenvalue weighted by atomic mass is 32.9. The van der Waals surface area contributed by atoms with Crippen LogP contribution in [0.2, 0.25) is 0 Å². The lowest BCUT2D eigenvalue weighted by Crippen LogP contribution is -2.21. The Labute approximate surface area is 447 Å². The molecular formula is C61H80F2O6S4+2. The zero-order valence-electron chi connectivity index (χ0n) is 46.3. The quantitative estimate of drug-likeness (QED) is 0.0646. The largest absolute Gasteiger partial charge is 0.540 e. The predicted molar refractivity (Wildman–Crippen MR) is 306 cm³/mol. The Hall–Kier alpha value is -4.40. The van der Waals surface area contributed by atoms with E-state index in [9.17, 15) is 12.6 Å². The summed E-state index contributed by atoms with van der Waals surface area (Å²) in [4.78, 5) is 20.7. The average Bonchev–Trinajstić information content (AvgIpc) is 3.25. The molecule has 6 aromatic rings. The molecule has 0 heterocycles. The second-order valence-corrected chi connectivity index (χ2v) is 31.5. The highest BCUT2D eigenvalue weighted by Crippen LogP contribution is 2.38. The first-order chi connectivity index (χ1) is 33.2. The van der Waals surface area contributed by atoms with Gasteiger partial charge in [-0.2, -0.15) is 0 Å². The zero-order valence-corrected chi connectivity index (χ0v) is 49.5. The van der Waals surface area contributed by atoms with Gasteiger partial charge in [-0.3, -0.25) is 4.55 Å². The van der Waals surface area contributed by atoms with Gasteiger partial charge in [0.2, 0.25) is 0 Å². The van der Waals surface area contributed by atoms with Crippen LogP contribution in [-0.2, 0) is 88.8 Å². The van der Waals surface area contributed by atoms with Crippen LogP contribution in [0.25, 0.3) is 0 Å². The molecule has 0 atom stereocenters. The van der Waals surface area contributed by atoms with Crippen molar-refractivity contribution in [2.24, 2.45) is 0 Å². The van der Waals surface area contributed by atoms with E-state index in [1.165, 1.54) is 62.8 Å². The van der Waals surface area contributed by atoms with Gasteiger partial charge in [0, 0.05) is 5.04 Å². The Bertz CT molecular complexity index is 2320. The van der Waals surface area contributed by atoms with Crippen molar-refractivity contribution in [1.82, 2.24) is 0 Å². The molecule has 396 valence electrons. The molecule has 0 aliphatic carbocycles. The summed E-state index contributed by atoms with van der Waals surface area (Å²) < 4.78 is 34.0. The van der Waals surface area contributed by atoms with Gasteiger partial charge >= 0.3 is 6.16 Å². The standard InChI is InChI=1S/2C30H39S.CH2F2O6S2/c2*1-28(2,3)22-10-16-25(17-11-22)31(26-18-12-23(13-19-26)29(4,5)6)27-20-14-24(15-21-27)30(7,8)9;2-11(3,6,10)9-8-7-1(4)5/h2*10-21H,1-9H3;(H,4,5)(H,6,10)/q2*+1;. The van der Waals surface area contributed by atoms with E-state index >= 15 is 0 Å². The summed E-state index contributed by atoms with van der Waals surface area (Å²) in [6.07, 6.45) is -2.02. The highest BCUT2D eigenvalue weighted by molar-refractivity contribution is 8.40. The molecule has 0 fully saturated rings. The Morgan fingerprint density at radius 3 is 0.644 bits per heavy atom. The zero-order chi connectivity index (χ0) is 55.2. The second-order valence-electron chi connectivity index (χ2n) is 24.4. The smallest absolute Gasteiger partial charge is 0.448 e. The molecule has 6 nitrogen and oxygen atoms in total. The molecule has 0 radical (unpaired) electrons. The van der Waals surface area contributed by atoms with Gasteiger partial charge in [0.25, 0.3) is 0 Å². The van der Waals surface area contributed by atoms with Crippen molar-refractivity contribution < 1.29 is 36.5 Å². The number of hydrogen-bond acceptors (Lipinski definition) is 5. The second kappa shape index (κ2) is 23.2. The lowest BCUT2D eigenvalue weighted by Gasteiger charge is -2.21. The van der Waals surface area contributed by atoms with Crippen molar-refractivity contribution in [3.8, 4) is 0 Å². The molecule has 2 N–H and O–H groups in total. The number of carboxylic acid groups (broad SMARTS) is 1. The SMILES string of the molecule is CC(C)(C)c1ccc([S+](c2ccc(C(C)(C)C)cc2)c2ccc(C(C)(C)C)cc2)cc1.CC(C)(C)c1ccc([S+](c2ccc(C(C)(C)C)cc2)c2ccc(C(C)(C)C)cc2)cc1.O=C(O)OOOS(O)(F)(F)=S. The molecule has 6 aromatic carbocycles. The number of halogens is 2. The predicted octanol–water partition coefficient (Wildman–Crippen LogP) is 18.2. The van der Waals surface area contributed by atoms with Gasteiger partial charge in [0.1, 0.15) is 0 Å². The molecule has 0 saturated carbocycles. The van der Waals surface area contributed by atoms with Gasteiger partial charge in [0.15, 0.2) is 29.4 Å². The molecule has 0 spiro atoms. The number of rotatable bonds is 9. The fourth-order valence-electron chi connectivity index (χ4n) is 7.45. The van der Waals surface area contributed by atoms with Gasteiger partial charge < -0.3 is 5.11 Å². The first-order valence-electron chi connectivity index (χ1n) is 24.4. The summed E-state index contributed by atoms with van der Waals surface area (Å²) in [5.41, 5.74) is 9.28. The van der Waals surface area contributed by atoms with Crippen molar-refractivity contribution >= 4 is 48.2 Å². The number of hydrogen-bond donors (Lipinski definition) is 2. The maximum atomic E-state index is 11.7. The van der Waals surface area contributed by atoms with Crippen LogP contribution in [0.3, 0.4) is 0 Å². The van der Waals surface area contributed by atoms with Crippen LogP contribution in [0.4, 0.5) is 12.6 Å². The fraction of sp³-hybridized carbons (Fsp3) is 0.393. The summed E-state index contributed by atoms with van der Waals surface area (Å²) >= 11 is 3.15. The Kier molecular flexibility index (Phi) is 19.5. The summed E-state index contributed by atoms with van der Waals surface area (Å²) in [6.45, 7) is 41.0. The first-order valence-corrected chi connectivity index (χ1v) is 29.5. The van der Waals surface area contributed by atoms with Gasteiger partial charge in [-0.1, -0.05) is 205 Å². The van der Waals surface area contributed by atoms with Crippen molar-refractivity contribution in [3.63, 3.8) is 0 Å². The Morgan fingerprint density at radius 2 is 0.534 bits per heavy atom. The van der Waals surface area contributed by atoms with Gasteiger partial charge in [-0.25, -0.2) is 9.68 Å². The van der Waals surface area contributed by atoms with Crippen LogP contribution in [0.1, 0.15) is 158 Å². The average molecular weight is 1080 g/mol. The molecule has 73 heavy (non-hydrogen) atoms. The third-order valence-electron chi connectivity index (χ3n) is 12.0. The number of carbonyl (C=O) groups is 1. The van der Waals surface area contributed by atoms with Crippen molar-refractivity contribution in [2.75, 3.05) is 0 Å². The van der Waals surface area contributed by atoms with Gasteiger partial charge in [-0.05, 0) is 143 Å². The fourth-order valence-corrected chi connectivity index (χ4v) is 11.7.